The Balaban J connectivity index is 1.83. The van der Waals surface area contributed by atoms with Crippen LogP contribution in [0.25, 0.3) is 10.9 Å². The summed E-state index contributed by atoms with van der Waals surface area (Å²) in [5, 5.41) is 12.5. The molecule has 1 heterocycles. The lowest BCUT2D eigenvalue weighted by molar-refractivity contribution is 0.102. The molecule has 108 valence electrons. The molecule has 0 atom stereocenters. The van der Waals surface area contributed by atoms with E-state index in [1.54, 1.807) is 37.4 Å². The Hall–Kier alpha value is -3.26. The minimum atomic E-state index is -0.236. The van der Waals surface area contributed by atoms with E-state index in [9.17, 15) is 4.79 Å². The van der Waals surface area contributed by atoms with Crippen LogP contribution in [0, 0.1) is 11.3 Å². The Bertz CT molecular complexity index is 873. The Labute approximate surface area is 127 Å². The first-order valence-corrected chi connectivity index (χ1v) is 6.68. The lowest BCUT2D eigenvalue weighted by Gasteiger charge is -2.03. The van der Waals surface area contributed by atoms with Gasteiger partial charge in [-0.3, -0.25) is 4.79 Å². The van der Waals surface area contributed by atoms with Crippen molar-refractivity contribution >= 4 is 22.5 Å². The summed E-state index contributed by atoms with van der Waals surface area (Å²) in [6.07, 6.45) is 0. The Morgan fingerprint density at radius 3 is 2.64 bits per heavy atom. The smallest absolute Gasteiger partial charge is 0.272 e. The van der Waals surface area contributed by atoms with Gasteiger partial charge in [0.2, 0.25) is 0 Å². The highest BCUT2D eigenvalue weighted by Gasteiger charge is 2.10. The summed E-state index contributed by atoms with van der Waals surface area (Å²) in [4.78, 5) is 15.3. The summed E-state index contributed by atoms with van der Waals surface area (Å²) in [7, 11) is 1.60. The highest BCUT2D eigenvalue weighted by Crippen LogP contribution is 2.21. The number of amides is 1. The molecule has 0 saturated heterocycles. The number of carbonyl (C=O) groups excluding carboxylic acids is 1. The van der Waals surface area contributed by atoms with Gasteiger partial charge >= 0.3 is 0 Å². The number of benzene rings is 2. The molecule has 0 aliphatic heterocycles. The Kier molecular flexibility index (Phi) is 3.50. The van der Waals surface area contributed by atoms with E-state index in [1.165, 1.54) is 0 Å². The third-order valence-corrected chi connectivity index (χ3v) is 3.35. The normalized spacial score (nSPS) is 10.2. The van der Waals surface area contributed by atoms with Gasteiger partial charge in [-0.2, -0.15) is 5.26 Å². The highest BCUT2D eigenvalue weighted by molar-refractivity contribution is 6.06. The molecular formula is C17H13N3O2. The molecule has 0 spiro atoms. The maximum atomic E-state index is 12.3. The number of ether oxygens (including phenoxy) is 1. The van der Waals surface area contributed by atoms with Crippen molar-refractivity contribution in [3.63, 3.8) is 0 Å². The first-order valence-electron chi connectivity index (χ1n) is 6.68. The van der Waals surface area contributed by atoms with E-state index >= 15 is 0 Å². The number of aromatic amines is 1. The number of nitrogens with one attached hydrogen (secondary N) is 2. The van der Waals surface area contributed by atoms with Gasteiger partial charge in [-0.1, -0.05) is 0 Å². The predicted octanol–water partition coefficient (Wildman–Crippen LogP) is 3.30. The number of aromatic nitrogens is 1. The zero-order chi connectivity index (χ0) is 15.5. The number of nitrogens with zero attached hydrogens (tertiary/aromatic N) is 1. The third-order valence-electron chi connectivity index (χ3n) is 3.35. The largest absolute Gasteiger partial charge is 0.497 e. The first-order chi connectivity index (χ1) is 10.7. The molecule has 0 saturated carbocycles. The predicted molar refractivity (Wildman–Crippen MR) is 84.0 cm³/mol. The van der Waals surface area contributed by atoms with Crippen LogP contribution in [0.1, 0.15) is 16.1 Å². The van der Waals surface area contributed by atoms with Crippen LogP contribution in [0.4, 0.5) is 5.69 Å². The summed E-state index contributed by atoms with van der Waals surface area (Å²) in [6.45, 7) is 0. The molecule has 0 aliphatic rings. The summed E-state index contributed by atoms with van der Waals surface area (Å²) < 4.78 is 5.16. The fourth-order valence-corrected chi connectivity index (χ4v) is 2.18. The molecule has 1 amide bonds. The van der Waals surface area contributed by atoms with E-state index in [0.29, 0.717) is 16.9 Å². The minimum Gasteiger partial charge on any atom is -0.497 e. The van der Waals surface area contributed by atoms with Gasteiger partial charge in [0, 0.05) is 22.7 Å². The molecule has 5 nitrogen and oxygen atoms in total. The van der Waals surface area contributed by atoms with Crippen molar-refractivity contribution in [2.75, 3.05) is 12.4 Å². The van der Waals surface area contributed by atoms with Crippen molar-refractivity contribution in [2.45, 2.75) is 0 Å². The first kappa shape index (κ1) is 13.7. The molecule has 3 rings (SSSR count). The molecule has 0 unspecified atom stereocenters. The number of anilines is 1. The average molecular weight is 291 g/mol. The van der Waals surface area contributed by atoms with Gasteiger partial charge in [-0.05, 0) is 42.5 Å². The van der Waals surface area contributed by atoms with E-state index in [4.69, 9.17) is 10.00 Å². The van der Waals surface area contributed by atoms with Crippen LogP contribution in [-0.4, -0.2) is 18.0 Å². The molecular weight excluding hydrogens is 278 g/mol. The molecule has 3 aromatic rings. The van der Waals surface area contributed by atoms with Crippen molar-refractivity contribution in [1.82, 2.24) is 4.98 Å². The quantitative estimate of drug-likeness (QED) is 0.777. The summed E-state index contributed by atoms with van der Waals surface area (Å²) in [5.41, 5.74) is 2.49. The number of methoxy groups -OCH3 is 1. The Morgan fingerprint density at radius 1 is 1.18 bits per heavy atom. The van der Waals surface area contributed by atoms with Crippen LogP contribution in [-0.2, 0) is 0 Å². The number of H-pyrrole nitrogens is 1. The number of hydrogen-bond acceptors (Lipinski definition) is 3. The lowest BCUT2D eigenvalue weighted by atomic mass is 10.2. The van der Waals surface area contributed by atoms with Gasteiger partial charge in [0.1, 0.15) is 11.4 Å². The third kappa shape index (κ3) is 2.63. The monoisotopic (exact) mass is 291 g/mol. The van der Waals surface area contributed by atoms with Gasteiger partial charge in [-0.25, -0.2) is 0 Å². The minimum absolute atomic E-state index is 0.236. The van der Waals surface area contributed by atoms with E-state index in [2.05, 4.69) is 10.3 Å². The zero-order valence-electron chi connectivity index (χ0n) is 11.9. The number of nitriles is 1. The van der Waals surface area contributed by atoms with Crippen LogP contribution in [0.15, 0.2) is 48.5 Å². The van der Waals surface area contributed by atoms with Crippen LogP contribution >= 0.6 is 0 Å². The molecule has 5 heteroatoms. The molecule has 0 bridgehead atoms. The van der Waals surface area contributed by atoms with E-state index in [-0.39, 0.29) is 5.91 Å². The maximum absolute atomic E-state index is 12.3. The van der Waals surface area contributed by atoms with Crippen molar-refractivity contribution in [1.29, 1.82) is 5.26 Å². The molecule has 0 radical (unpaired) electrons. The maximum Gasteiger partial charge on any atom is 0.272 e. The average Bonchev–Trinajstić information content (AvgIpc) is 2.98. The molecule has 2 aromatic carbocycles. The van der Waals surface area contributed by atoms with Gasteiger partial charge in [0.25, 0.3) is 5.91 Å². The molecule has 2 N–H and O–H groups in total. The fraction of sp³-hybridized carbons (Fsp3) is 0.0588. The number of carbonyl (C=O) groups is 1. The van der Waals surface area contributed by atoms with Gasteiger partial charge in [-0.15, -0.1) is 0 Å². The summed E-state index contributed by atoms with van der Waals surface area (Å²) >= 11 is 0. The summed E-state index contributed by atoms with van der Waals surface area (Å²) in [5.74, 6) is 0.494. The van der Waals surface area contributed by atoms with Crippen LogP contribution in [0.3, 0.4) is 0 Å². The number of fused-ring (bicyclic) bond motifs is 1. The second-order valence-corrected chi connectivity index (χ2v) is 4.78. The van der Waals surface area contributed by atoms with Crippen LogP contribution in [0.5, 0.6) is 5.75 Å². The van der Waals surface area contributed by atoms with E-state index in [0.717, 1.165) is 16.7 Å². The van der Waals surface area contributed by atoms with E-state index in [1.807, 2.05) is 24.3 Å². The van der Waals surface area contributed by atoms with Crippen LogP contribution in [0.2, 0.25) is 0 Å². The standard InChI is InChI=1S/C17H13N3O2/c1-22-14-7-4-12-8-16(20-15(12)9-14)17(21)19-13-5-2-11(10-18)3-6-13/h2-9,20H,1H3,(H,19,21). The molecule has 22 heavy (non-hydrogen) atoms. The van der Waals surface area contributed by atoms with Gasteiger partial charge in [0.05, 0.1) is 18.7 Å². The second-order valence-electron chi connectivity index (χ2n) is 4.78. The summed E-state index contributed by atoms with van der Waals surface area (Å²) in [6, 6.07) is 16.1. The number of rotatable bonds is 3. The second kappa shape index (κ2) is 5.62. The van der Waals surface area contributed by atoms with Crippen molar-refractivity contribution < 1.29 is 9.53 Å². The van der Waals surface area contributed by atoms with Crippen molar-refractivity contribution in [2.24, 2.45) is 0 Å². The van der Waals surface area contributed by atoms with Gasteiger partial charge < -0.3 is 15.0 Å². The molecule has 0 aliphatic carbocycles. The van der Waals surface area contributed by atoms with Crippen molar-refractivity contribution in [3.05, 3.63) is 59.8 Å². The van der Waals surface area contributed by atoms with Gasteiger partial charge in [0.15, 0.2) is 0 Å². The van der Waals surface area contributed by atoms with Crippen LogP contribution < -0.4 is 10.1 Å². The van der Waals surface area contributed by atoms with Crippen molar-refractivity contribution in [3.8, 4) is 11.8 Å². The molecule has 1 aromatic heterocycles. The Morgan fingerprint density at radius 2 is 1.95 bits per heavy atom. The highest BCUT2D eigenvalue weighted by atomic mass is 16.5. The topological polar surface area (TPSA) is 77.9 Å². The van der Waals surface area contributed by atoms with E-state index < -0.39 is 0 Å². The number of hydrogen-bond donors (Lipinski definition) is 2. The lowest BCUT2D eigenvalue weighted by Crippen LogP contribution is -2.12. The SMILES string of the molecule is COc1ccc2cc(C(=O)Nc3ccc(C#N)cc3)[nH]c2c1. The zero-order valence-corrected chi connectivity index (χ0v) is 11.9. The molecule has 0 fully saturated rings. The fourth-order valence-electron chi connectivity index (χ4n) is 2.18.